The normalized spacial score (nSPS) is 11.2. The van der Waals surface area contributed by atoms with E-state index in [1.54, 1.807) is 0 Å². The number of ether oxygens (including phenoxy) is 2. The summed E-state index contributed by atoms with van der Waals surface area (Å²) in [6.07, 6.45) is -0.320. The molecule has 0 aliphatic rings. The predicted octanol–water partition coefficient (Wildman–Crippen LogP) is -0.884. The van der Waals surface area contributed by atoms with Gasteiger partial charge in [-0.25, -0.2) is 0 Å². The van der Waals surface area contributed by atoms with Gasteiger partial charge >= 0.3 is 0 Å². The van der Waals surface area contributed by atoms with Gasteiger partial charge in [0.2, 0.25) is 0 Å². The molecule has 8 radical (unpaired) electrons. The van der Waals surface area contributed by atoms with Crippen molar-refractivity contribution < 1.29 is 9.47 Å². The lowest BCUT2D eigenvalue weighted by molar-refractivity contribution is -0.120. The van der Waals surface area contributed by atoms with Gasteiger partial charge in [0.15, 0.2) is 6.29 Å². The number of hydrogen-bond donors (Lipinski definition) is 0. The standard InChI is InChI=1S/C12H13B4BrO2S/c1-3-18-6(19-4-2)5-20-12-9(15)7(13)11(17)8(14)10(12)16/h6H,3-5H2,1-2H3. The lowest BCUT2D eigenvalue weighted by Gasteiger charge is -2.21. The maximum atomic E-state index is 5.99. The minimum Gasteiger partial charge on any atom is -0.352 e. The summed E-state index contributed by atoms with van der Waals surface area (Å²) in [5, 5.41) is 0. The zero-order valence-electron chi connectivity index (χ0n) is 11.6. The Morgan fingerprint density at radius 2 is 1.40 bits per heavy atom. The zero-order valence-corrected chi connectivity index (χ0v) is 14.0. The fourth-order valence-electron chi connectivity index (χ4n) is 1.59. The molecule has 0 aliphatic carbocycles. The molecule has 0 N–H and O–H groups in total. The molecule has 1 rings (SSSR count). The Morgan fingerprint density at radius 1 is 0.950 bits per heavy atom. The second kappa shape index (κ2) is 8.62. The topological polar surface area (TPSA) is 18.5 Å². The van der Waals surface area contributed by atoms with Gasteiger partial charge in [-0.3, -0.25) is 0 Å². The molecule has 8 heteroatoms. The van der Waals surface area contributed by atoms with Gasteiger partial charge < -0.3 is 9.47 Å². The summed E-state index contributed by atoms with van der Waals surface area (Å²) in [6.45, 7) is 4.96. The van der Waals surface area contributed by atoms with Crippen LogP contribution in [-0.4, -0.2) is 56.6 Å². The summed E-state index contributed by atoms with van der Waals surface area (Å²) >= 11 is 4.69. The lowest BCUT2D eigenvalue weighted by Crippen LogP contribution is -2.44. The lowest BCUT2D eigenvalue weighted by atomic mass is 9.71. The molecule has 0 bridgehead atoms. The van der Waals surface area contributed by atoms with Crippen LogP contribution in [0.25, 0.3) is 0 Å². The van der Waals surface area contributed by atoms with Crippen molar-refractivity contribution >= 4 is 80.9 Å². The van der Waals surface area contributed by atoms with E-state index in [0.29, 0.717) is 50.2 Å². The number of hydrogen-bond acceptors (Lipinski definition) is 3. The number of benzene rings is 1. The van der Waals surface area contributed by atoms with Crippen LogP contribution in [0.4, 0.5) is 0 Å². The van der Waals surface area contributed by atoms with Gasteiger partial charge in [0.25, 0.3) is 0 Å². The minimum atomic E-state index is -0.320. The quantitative estimate of drug-likeness (QED) is 0.364. The van der Waals surface area contributed by atoms with Gasteiger partial charge in [-0.05, 0) is 18.7 Å². The van der Waals surface area contributed by atoms with E-state index in [4.69, 9.17) is 40.9 Å². The van der Waals surface area contributed by atoms with Crippen LogP contribution in [-0.2, 0) is 9.47 Å². The van der Waals surface area contributed by atoms with E-state index in [9.17, 15) is 0 Å². The molecule has 0 spiro atoms. The van der Waals surface area contributed by atoms with Gasteiger partial charge in [0.05, 0.1) is 0 Å². The maximum Gasteiger partial charge on any atom is 0.166 e. The van der Waals surface area contributed by atoms with Crippen LogP contribution < -0.4 is 21.9 Å². The molecular formula is C12H13B4BrO2S. The van der Waals surface area contributed by atoms with Gasteiger partial charge in [-0.2, -0.15) is 0 Å². The van der Waals surface area contributed by atoms with Gasteiger partial charge in [-0.1, -0.05) is 37.8 Å². The molecule has 1 aromatic rings. The van der Waals surface area contributed by atoms with Crippen molar-refractivity contribution in [3.63, 3.8) is 0 Å². The highest BCUT2D eigenvalue weighted by molar-refractivity contribution is 9.10. The van der Waals surface area contributed by atoms with Crippen LogP contribution in [0.3, 0.4) is 0 Å². The van der Waals surface area contributed by atoms with Crippen molar-refractivity contribution in [2.45, 2.75) is 25.0 Å². The second-order valence-corrected chi connectivity index (χ2v) is 5.77. The third kappa shape index (κ3) is 4.36. The molecule has 0 saturated carbocycles. The third-order valence-electron chi connectivity index (χ3n) is 2.61. The Bertz CT molecular complexity index is 438. The van der Waals surface area contributed by atoms with E-state index >= 15 is 0 Å². The molecule has 0 aliphatic heterocycles. The monoisotopic (exact) mass is 344 g/mol. The maximum absolute atomic E-state index is 5.99. The van der Waals surface area contributed by atoms with Crippen LogP contribution in [0.2, 0.25) is 0 Å². The molecule has 0 unspecified atom stereocenters. The smallest absolute Gasteiger partial charge is 0.166 e. The highest BCUT2D eigenvalue weighted by atomic mass is 79.9. The molecule has 0 aromatic heterocycles. The van der Waals surface area contributed by atoms with Crippen molar-refractivity contribution in [1.29, 1.82) is 0 Å². The van der Waals surface area contributed by atoms with Crippen molar-refractivity contribution in [3.8, 4) is 0 Å². The van der Waals surface area contributed by atoms with E-state index < -0.39 is 0 Å². The first-order chi connectivity index (χ1) is 9.43. The first kappa shape index (κ1) is 18.3. The summed E-state index contributed by atoms with van der Waals surface area (Å²) in [4.78, 5) is 0.660. The van der Waals surface area contributed by atoms with E-state index in [-0.39, 0.29) is 6.29 Å². The average molecular weight is 344 g/mol. The number of thioether (sulfide) groups is 1. The highest BCUT2D eigenvalue weighted by Gasteiger charge is 2.15. The van der Waals surface area contributed by atoms with Crippen LogP contribution in [0.1, 0.15) is 13.8 Å². The SMILES string of the molecule is [B]c1c([B])c(SCC(OCC)OCC)c([B])c([B])c1Br. The second-order valence-electron chi connectivity index (χ2n) is 3.95. The number of rotatable bonds is 7. The van der Waals surface area contributed by atoms with E-state index in [0.717, 1.165) is 0 Å². The Kier molecular flexibility index (Phi) is 7.88. The molecule has 0 atom stereocenters. The molecule has 2 nitrogen and oxygen atoms in total. The van der Waals surface area contributed by atoms with Crippen LogP contribution in [0.15, 0.2) is 9.37 Å². The third-order valence-corrected chi connectivity index (χ3v) is 4.63. The van der Waals surface area contributed by atoms with Crippen molar-refractivity contribution in [2.24, 2.45) is 0 Å². The van der Waals surface area contributed by atoms with Crippen LogP contribution in [0, 0.1) is 0 Å². The largest absolute Gasteiger partial charge is 0.352 e. The summed E-state index contributed by atoms with van der Waals surface area (Å²) in [5.41, 5.74) is 1.62. The fourth-order valence-corrected chi connectivity index (χ4v) is 3.05. The fraction of sp³-hybridized carbons (Fsp3) is 0.500. The summed E-state index contributed by atoms with van der Waals surface area (Å²) in [5.74, 6) is 0.552. The van der Waals surface area contributed by atoms with Gasteiger partial charge in [-0.15, -0.1) is 11.8 Å². The molecule has 0 amide bonds. The van der Waals surface area contributed by atoms with Crippen LogP contribution >= 0.6 is 27.7 Å². The van der Waals surface area contributed by atoms with Crippen molar-refractivity contribution in [2.75, 3.05) is 19.0 Å². The number of halogens is 1. The Balaban J connectivity index is 2.92. The summed E-state index contributed by atoms with van der Waals surface area (Å²) < 4.78 is 11.5. The van der Waals surface area contributed by atoms with Gasteiger partial charge in [0.1, 0.15) is 31.4 Å². The average Bonchev–Trinajstić information content (AvgIpc) is 2.43. The Hall–Kier alpha value is 0.230. The minimum absolute atomic E-state index is 0.320. The summed E-state index contributed by atoms with van der Waals surface area (Å²) in [6, 6.07) is 0. The zero-order chi connectivity index (χ0) is 15.3. The first-order valence-corrected chi connectivity index (χ1v) is 7.99. The molecule has 20 heavy (non-hydrogen) atoms. The molecule has 0 fully saturated rings. The van der Waals surface area contributed by atoms with Crippen LogP contribution in [0.5, 0.6) is 0 Å². The summed E-state index contributed by atoms with van der Waals surface area (Å²) in [7, 11) is 23.8. The molecule has 0 saturated heterocycles. The molecular weight excluding hydrogens is 331 g/mol. The molecule has 98 valence electrons. The molecule has 0 heterocycles. The predicted molar refractivity (Wildman–Crippen MR) is 93.5 cm³/mol. The van der Waals surface area contributed by atoms with E-state index in [2.05, 4.69) is 15.9 Å². The van der Waals surface area contributed by atoms with Gasteiger partial charge in [0, 0.05) is 23.4 Å². The van der Waals surface area contributed by atoms with Crippen molar-refractivity contribution in [3.05, 3.63) is 4.47 Å². The van der Waals surface area contributed by atoms with E-state index in [1.807, 2.05) is 13.8 Å². The molecule has 1 aromatic carbocycles. The highest BCUT2D eigenvalue weighted by Crippen LogP contribution is 2.16. The Morgan fingerprint density at radius 3 is 1.80 bits per heavy atom. The van der Waals surface area contributed by atoms with Crippen molar-refractivity contribution in [1.82, 2.24) is 0 Å². The first-order valence-electron chi connectivity index (χ1n) is 6.21. The van der Waals surface area contributed by atoms with E-state index in [1.165, 1.54) is 11.8 Å². The Labute approximate surface area is 138 Å².